The number of Topliss-reactive ketones (excluding diaryl/α,β-unsaturated/α-hetero) is 2. The average Bonchev–Trinajstić information content (AvgIpc) is 3.59. The van der Waals surface area contributed by atoms with Gasteiger partial charge in [-0.15, -0.1) is 0 Å². The lowest BCUT2D eigenvalue weighted by Gasteiger charge is -2.74. The fourth-order valence-electron chi connectivity index (χ4n) is 19.6. The number of β-amino-alcohol motifs (C(OH)–C–C–N with tert-alkyl or cyclic N) is 1. The topological polar surface area (TPSA) is 157 Å². The lowest BCUT2D eigenvalue weighted by Crippen LogP contribution is -2.74. The molecule has 2 spiro atoms. The van der Waals surface area contributed by atoms with E-state index in [9.17, 15) is 15.3 Å². The molecule has 67 heavy (non-hydrogen) atoms. The second kappa shape index (κ2) is 16.0. The van der Waals surface area contributed by atoms with E-state index in [2.05, 4.69) is 56.5 Å². The Morgan fingerprint density at radius 1 is 0.925 bits per heavy atom. The molecule has 7 aliphatic carbocycles. The standard InChI is InChI=1S/C58H81N3O6/c1-34(25-45(63)50-55(5,67-50)41-16-10-15-40(41)36-13-9-14-38(59)28-36)47-42-18-19-46-54(4)32-56(37-26-35(31-60-6)27-39(62)29-37)22-12-24-58(42)43(48(47)64)17-11-23-57(46,58)30-44-49(54)53(3,51(56)65)21-8-7-20-52(2,66)33-61-44/h9,13-14,26-29,34,40-41,43-46,49-50,60-63,66H,7-8,10-12,15-25,30-33,59H2,1-6H3. The molecule has 364 valence electrons. The van der Waals surface area contributed by atoms with E-state index in [4.69, 9.17) is 10.5 Å². The van der Waals surface area contributed by atoms with Crippen molar-refractivity contribution in [3.63, 3.8) is 0 Å². The number of epoxide rings is 1. The maximum absolute atomic E-state index is 16.3. The number of anilines is 1. The van der Waals surface area contributed by atoms with Gasteiger partial charge in [-0.1, -0.05) is 76.6 Å². The number of aromatic hydroxyl groups is 1. The summed E-state index contributed by atoms with van der Waals surface area (Å²) in [6.45, 7) is 12.4. The van der Waals surface area contributed by atoms with E-state index in [-0.39, 0.29) is 51.9 Å². The minimum Gasteiger partial charge on any atom is -0.508 e. The van der Waals surface area contributed by atoms with Crippen LogP contribution in [-0.4, -0.2) is 69.9 Å². The molecule has 6 saturated carbocycles. The number of phenols is 1. The molecule has 2 aliphatic heterocycles. The van der Waals surface area contributed by atoms with Crippen molar-refractivity contribution in [2.45, 2.75) is 198 Å². The number of fused-ring (bicyclic) bond motifs is 1. The van der Waals surface area contributed by atoms with E-state index < -0.39 is 28.1 Å². The summed E-state index contributed by atoms with van der Waals surface area (Å²) in [4.78, 5) is 32.0. The van der Waals surface area contributed by atoms with Gasteiger partial charge in [-0.05, 0) is 191 Å². The SMILES string of the molecule is CNCc1cc(O)cc(C23CCCC45C6=C(C(C)CC(O)C7OC7(C)C7CCCC7c7cccc(N)c7)C(=O)C4CCCC54CC5NCC(C)(O)CCCCC(C)(C2=O)C5C(C)(C3)C4CC6)c1. The molecule has 0 radical (unpaired) electrons. The van der Waals surface area contributed by atoms with E-state index in [1.165, 1.54) is 11.1 Å². The molecule has 16 atom stereocenters. The van der Waals surface area contributed by atoms with Crippen molar-refractivity contribution in [2.75, 3.05) is 19.3 Å². The Morgan fingerprint density at radius 3 is 2.52 bits per heavy atom. The molecule has 0 aromatic heterocycles. The number of allylic oxidation sites excluding steroid dienone is 2. The number of hydrogen-bond donors (Lipinski definition) is 6. The Kier molecular flexibility index (Phi) is 11.0. The number of nitrogens with two attached hydrogens (primary N) is 1. The van der Waals surface area contributed by atoms with Gasteiger partial charge in [0.1, 0.15) is 17.6 Å². The second-order valence-corrected chi connectivity index (χ2v) is 25.3. The van der Waals surface area contributed by atoms with E-state index in [0.29, 0.717) is 61.7 Å². The number of carbonyl (C=O) groups excluding carboxylic acids is 2. The van der Waals surface area contributed by atoms with Gasteiger partial charge >= 0.3 is 0 Å². The van der Waals surface area contributed by atoms with Crippen molar-refractivity contribution in [3.05, 3.63) is 70.3 Å². The molecule has 8 fully saturated rings. The first-order chi connectivity index (χ1) is 31.9. The number of phenolic OH excluding ortho intramolecular Hbond substituents is 1. The zero-order valence-electron chi connectivity index (χ0n) is 41.5. The molecule has 0 amide bonds. The monoisotopic (exact) mass is 916 g/mol. The smallest absolute Gasteiger partial charge is 0.163 e. The number of nitrogen functional groups attached to an aromatic ring is 1. The number of nitrogens with one attached hydrogen (secondary N) is 2. The highest BCUT2D eigenvalue weighted by Crippen LogP contribution is 2.81. The predicted octanol–water partition coefficient (Wildman–Crippen LogP) is 9.59. The highest BCUT2D eigenvalue weighted by molar-refractivity contribution is 6.03. The summed E-state index contributed by atoms with van der Waals surface area (Å²) in [6.07, 6.45) is 15.1. The summed E-state index contributed by atoms with van der Waals surface area (Å²) >= 11 is 0. The second-order valence-electron chi connectivity index (χ2n) is 25.3. The Labute approximate surface area is 400 Å². The number of carbonyl (C=O) groups is 2. The minimum atomic E-state index is -0.854. The molecule has 9 nitrogen and oxygen atoms in total. The van der Waals surface area contributed by atoms with Crippen LogP contribution in [0.5, 0.6) is 5.75 Å². The van der Waals surface area contributed by atoms with Crippen LogP contribution in [0.1, 0.15) is 173 Å². The minimum absolute atomic E-state index is 0.00436. The Hall–Kier alpha value is -3.08. The highest BCUT2D eigenvalue weighted by Gasteiger charge is 2.78. The number of aliphatic hydroxyl groups is 2. The highest BCUT2D eigenvalue weighted by atomic mass is 16.6. The summed E-state index contributed by atoms with van der Waals surface area (Å²) in [5.74, 6) is 1.72. The average molecular weight is 916 g/mol. The number of hydrogen-bond acceptors (Lipinski definition) is 9. The molecule has 11 rings (SSSR count). The fourth-order valence-corrected chi connectivity index (χ4v) is 19.6. The van der Waals surface area contributed by atoms with Crippen LogP contribution in [0.3, 0.4) is 0 Å². The van der Waals surface area contributed by atoms with Crippen LogP contribution in [0, 0.1) is 51.2 Å². The van der Waals surface area contributed by atoms with Crippen LogP contribution >= 0.6 is 0 Å². The Balaban J connectivity index is 1.01. The van der Waals surface area contributed by atoms with E-state index >= 15 is 9.59 Å². The van der Waals surface area contributed by atoms with Crippen LogP contribution in [0.15, 0.2) is 53.6 Å². The zero-order valence-corrected chi connectivity index (χ0v) is 41.5. The van der Waals surface area contributed by atoms with Crippen LogP contribution in [0.2, 0.25) is 0 Å². The summed E-state index contributed by atoms with van der Waals surface area (Å²) in [6, 6.07) is 14.3. The normalized spacial score (nSPS) is 45.5. The molecule has 2 heterocycles. The van der Waals surface area contributed by atoms with Gasteiger partial charge in [0.05, 0.1) is 22.7 Å². The van der Waals surface area contributed by atoms with Gasteiger partial charge < -0.3 is 36.4 Å². The van der Waals surface area contributed by atoms with Crippen molar-refractivity contribution >= 4 is 17.3 Å². The van der Waals surface area contributed by atoms with Crippen LogP contribution in [0.4, 0.5) is 5.69 Å². The quantitative estimate of drug-likeness (QED) is 0.107. The van der Waals surface area contributed by atoms with Gasteiger partial charge in [0, 0.05) is 41.6 Å². The molecule has 5 bridgehead atoms. The van der Waals surface area contributed by atoms with Gasteiger partial charge in [0.15, 0.2) is 5.78 Å². The summed E-state index contributed by atoms with van der Waals surface area (Å²) in [5, 5.41) is 42.9. The molecule has 7 N–H and O–H groups in total. The lowest BCUT2D eigenvalue weighted by molar-refractivity contribution is -0.226. The van der Waals surface area contributed by atoms with E-state index in [1.807, 2.05) is 38.2 Å². The van der Waals surface area contributed by atoms with Crippen molar-refractivity contribution in [1.29, 1.82) is 0 Å². The van der Waals surface area contributed by atoms with Crippen molar-refractivity contribution in [1.82, 2.24) is 10.6 Å². The largest absolute Gasteiger partial charge is 0.508 e. The third kappa shape index (κ3) is 6.61. The zero-order chi connectivity index (χ0) is 47.1. The third-order valence-corrected chi connectivity index (χ3v) is 21.6. The predicted molar refractivity (Wildman–Crippen MR) is 262 cm³/mol. The lowest BCUT2D eigenvalue weighted by atomic mass is 9.30. The third-order valence-electron chi connectivity index (χ3n) is 21.6. The van der Waals surface area contributed by atoms with Gasteiger partial charge in [0.25, 0.3) is 0 Å². The first-order valence-corrected chi connectivity index (χ1v) is 26.9. The van der Waals surface area contributed by atoms with Gasteiger partial charge in [-0.3, -0.25) is 9.59 Å². The molecule has 16 unspecified atom stereocenters. The van der Waals surface area contributed by atoms with E-state index in [1.54, 1.807) is 0 Å². The Bertz CT molecular complexity index is 2360. The first kappa shape index (κ1) is 46.3. The molecule has 2 aromatic carbocycles. The first-order valence-electron chi connectivity index (χ1n) is 26.9. The van der Waals surface area contributed by atoms with Crippen LogP contribution in [0.25, 0.3) is 0 Å². The Morgan fingerprint density at radius 2 is 1.73 bits per heavy atom. The molecule has 9 aliphatic rings. The summed E-state index contributed by atoms with van der Waals surface area (Å²) in [7, 11) is 1.93. The maximum atomic E-state index is 16.3. The number of aliphatic hydroxyl groups excluding tert-OH is 1. The molecular weight excluding hydrogens is 835 g/mol. The summed E-state index contributed by atoms with van der Waals surface area (Å²) < 4.78 is 6.62. The van der Waals surface area contributed by atoms with Crippen molar-refractivity contribution in [2.24, 2.45) is 51.2 Å². The van der Waals surface area contributed by atoms with Crippen LogP contribution in [-0.2, 0) is 26.3 Å². The van der Waals surface area contributed by atoms with Gasteiger partial charge in [-0.25, -0.2) is 0 Å². The number of rotatable bonds is 9. The van der Waals surface area contributed by atoms with Crippen LogP contribution < -0.4 is 16.4 Å². The maximum Gasteiger partial charge on any atom is 0.163 e. The van der Waals surface area contributed by atoms with E-state index in [0.717, 1.165) is 119 Å². The number of ether oxygens (including phenoxy) is 1. The molecule has 9 heteroatoms. The summed E-state index contributed by atoms with van der Waals surface area (Å²) in [5.41, 5.74) is 9.30. The molecule has 2 saturated heterocycles. The number of ketones is 2. The van der Waals surface area contributed by atoms with Gasteiger partial charge in [0.2, 0.25) is 0 Å². The molecule has 2 aromatic rings. The number of benzene rings is 2. The van der Waals surface area contributed by atoms with Crippen molar-refractivity contribution < 1.29 is 29.6 Å². The fraction of sp³-hybridized carbons (Fsp3) is 0.724. The van der Waals surface area contributed by atoms with Crippen molar-refractivity contribution in [3.8, 4) is 5.75 Å². The van der Waals surface area contributed by atoms with Gasteiger partial charge in [-0.2, -0.15) is 0 Å². The molecular formula is C58H81N3O6.